The van der Waals surface area contributed by atoms with E-state index in [2.05, 4.69) is 5.32 Å². The molecule has 1 amide bonds. The van der Waals surface area contributed by atoms with Crippen molar-refractivity contribution in [3.05, 3.63) is 34.9 Å². The summed E-state index contributed by atoms with van der Waals surface area (Å²) in [5.74, 6) is 0.0559. The van der Waals surface area contributed by atoms with Gasteiger partial charge in [-0.2, -0.15) is 0 Å². The first-order valence-electron chi connectivity index (χ1n) is 7.52. The van der Waals surface area contributed by atoms with Gasteiger partial charge in [0, 0.05) is 17.1 Å². The first-order valence-corrected chi connectivity index (χ1v) is 7.90. The molecule has 0 aromatic heterocycles. The maximum atomic E-state index is 12.0. The van der Waals surface area contributed by atoms with Crippen molar-refractivity contribution in [1.29, 1.82) is 0 Å². The van der Waals surface area contributed by atoms with Gasteiger partial charge in [0.25, 0.3) is 0 Å². The number of halogens is 1. The maximum Gasteiger partial charge on any atom is 0.234 e. The van der Waals surface area contributed by atoms with E-state index in [9.17, 15) is 4.79 Å². The van der Waals surface area contributed by atoms with Crippen LogP contribution in [0.15, 0.2) is 24.3 Å². The van der Waals surface area contributed by atoms with Gasteiger partial charge in [0.2, 0.25) is 5.91 Å². The van der Waals surface area contributed by atoms with Crippen LogP contribution in [0.1, 0.15) is 37.8 Å². The molecule has 0 saturated heterocycles. The Bertz CT molecular complexity index is 490. The number of nitrogens with two attached hydrogens (primary N) is 1. The number of hydrogen-bond donors (Lipinski definition) is 2. The van der Waals surface area contributed by atoms with E-state index in [0.29, 0.717) is 17.6 Å². The summed E-state index contributed by atoms with van der Waals surface area (Å²) in [5, 5.41) is 3.70. The van der Waals surface area contributed by atoms with Crippen molar-refractivity contribution in [2.75, 3.05) is 13.6 Å². The molecule has 0 heterocycles. The van der Waals surface area contributed by atoms with Crippen molar-refractivity contribution in [1.82, 2.24) is 10.2 Å². The molecule has 21 heavy (non-hydrogen) atoms. The lowest BCUT2D eigenvalue weighted by atomic mass is 9.96. The zero-order valence-corrected chi connectivity index (χ0v) is 13.4. The Morgan fingerprint density at radius 1 is 1.48 bits per heavy atom. The molecule has 1 aromatic rings. The van der Waals surface area contributed by atoms with Gasteiger partial charge in [0.15, 0.2) is 0 Å². The van der Waals surface area contributed by atoms with Gasteiger partial charge in [-0.3, -0.25) is 9.69 Å². The average Bonchev–Trinajstić information content (AvgIpc) is 3.24. The zero-order chi connectivity index (χ0) is 15.4. The second kappa shape index (κ2) is 7.25. The highest BCUT2D eigenvalue weighted by Gasteiger charge is 2.28. The Labute approximate surface area is 131 Å². The lowest BCUT2D eigenvalue weighted by molar-refractivity contribution is -0.122. The lowest BCUT2D eigenvalue weighted by Gasteiger charge is -2.33. The summed E-state index contributed by atoms with van der Waals surface area (Å²) < 4.78 is 0. The number of benzene rings is 1. The first kappa shape index (κ1) is 16.3. The van der Waals surface area contributed by atoms with Crippen molar-refractivity contribution in [3.63, 3.8) is 0 Å². The fourth-order valence-electron chi connectivity index (χ4n) is 2.56. The zero-order valence-electron chi connectivity index (χ0n) is 12.7. The average molecular weight is 310 g/mol. The molecule has 1 aliphatic carbocycles. The maximum absolute atomic E-state index is 12.0. The van der Waals surface area contributed by atoms with Crippen LogP contribution in [0.25, 0.3) is 0 Å². The Hall–Kier alpha value is -1.10. The molecule has 0 radical (unpaired) electrons. The van der Waals surface area contributed by atoms with Gasteiger partial charge in [0.05, 0.1) is 12.6 Å². The highest BCUT2D eigenvalue weighted by Crippen LogP contribution is 2.29. The third-order valence-corrected chi connectivity index (χ3v) is 4.26. The molecule has 0 spiro atoms. The van der Waals surface area contributed by atoms with Crippen molar-refractivity contribution >= 4 is 17.5 Å². The minimum atomic E-state index is -0.0661. The second-order valence-corrected chi connectivity index (χ2v) is 6.20. The molecule has 1 aromatic carbocycles. The number of amides is 1. The number of carbonyl (C=O) groups excluding carboxylic acids is 1. The second-order valence-electron chi connectivity index (χ2n) is 5.80. The van der Waals surface area contributed by atoms with Crippen LogP contribution in [0.2, 0.25) is 5.02 Å². The third-order valence-electron chi connectivity index (χ3n) is 3.91. The standard InChI is InChI=1S/C16H24ClN3O/c1-3-14(18)16(12-6-4-5-7-13(12)17)20(2)10-15(21)19-11-8-9-11/h4-7,11,14,16H,3,8-10,18H2,1-2H3,(H,19,21). The van der Waals surface area contributed by atoms with Crippen molar-refractivity contribution in [2.45, 2.75) is 44.3 Å². The van der Waals surface area contributed by atoms with E-state index in [1.165, 1.54) is 0 Å². The highest BCUT2D eigenvalue weighted by atomic mass is 35.5. The smallest absolute Gasteiger partial charge is 0.234 e. The number of rotatable bonds is 7. The number of likely N-dealkylation sites (N-methyl/N-ethyl adjacent to an activating group) is 1. The Kier molecular flexibility index (Phi) is 5.62. The fraction of sp³-hybridized carbons (Fsp3) is 0.562. The molecule has 2 unspecified atom stereocenters. The normalized spacial score (nSPS) is 17.6. The Morgan fingerprint density at radius 2 is 2.14 bits per heavy atom. The molecular formula is C16H24ClN3O. The SMILES string of the molecule is CCC(N)C(c1ccccc1Cl)N(C)CC(=O)NC1CC1. The van der Waals surface area contributed by atoms with E-state index < -0.39 is 0 Å². The van der Waals surface area contributed by atoms with E-state index in [1.54, 1.807) is 0 Å². The van der Waals surface area contributed by atoms with Crippen molar-refractivity contribution < 1.29 is 4.79 Å². The van der Waals surface area contributed by atoms with Crippen molar-refractivity contribution in [3.8, 4) is 0 Å². The largest absolute Gasteiger partial charge is 0.352 e. The van der Waals surface area contributed by atoms with Crippen molar-refractivity contribution in [2.24, 2.45) is 5.73 Å². The van der Waals surface area contributed by atoms with E-state index >= 15 is 0 Å². The van der Waals surface area contributed by atoms with Gasteiger partial charge < -0.3 is 11.1 Å². The molecule has 2 atom stereocenters. The number of nitrogens with zero attached hydrogens (tertiary/aromatic N) is 1. The number of carbonyl (C=O) groups is 1. The minimum absolute atomic E-state index is 0.0559. The molecule has 0 bridgehead atoms. The van der Waals surface area contributed by atoms with Crippen LogP contribution in [0.3, 0.4) is 0 Å². The summed E-state index contributed by atoms with van der Waals surface area (Å²) in [6.45, 7) is 2.38. The summed E-state index contributed by atoms with van der Waals surface area (Å²) in [7, 11) is 1.93. The Morgan fingerprint density at radius 3 is 2.71 bits per heavy atom. The van der Waals surface area contributed by atoms with Crippen LogP contribution in [0, 0.1) is 0 Å². The van der Waals surface area contributed by atoms with Crippen LogP contribution in [-0.2, 0) is 4.79 Å². The van der Waals surface area contributed by atoms with Gasteiger partial charge in [-0.05, 0) is 37.9 Å². The molecule has 2 rings (SSSR count). The predicted molar refractivity (Wildman–Crippen MR) is 86.3 cm³/mol. The van der Waals surface area contributed by atoms with E-state index in [1.807, 2.05) is 43.1 Å². The summed E-state index contributed by atoms with van der Waals surface area (Å²) in [5.41, 5.74) is 7.26. The van der Waals surface area contributed by atoms with E-state index in [4.69, 9.17) is 17.3 Å². The monoisotopic (exact) mass is 309 g/mol. The van der Waals surface area contributed by atoms with Gasteiger partial charge in [-0.1, -0.05) is 36.7 Å². The first-order chi connectivity index (χ1) is 10.0. The molecule has 0 aliphatic heterocycles. The molecule has 3 N–H and O–H groups in total. The van der Waals surface area contributed by atoms with Gasteiger partial charge >= 0.3 is 0 Å². The molecule has 116 valence electrons. The summed E-state index contributed by atoms with van der Waals surface area (Å²) in [6.07, 6.45) is 3.01. The van der Waals surface area contributed by atoms with Crippen LogP contribution in [0.5, 0.6) is 0 Å². The molecule has 4 nitrogen and oxygen atoms in total. The quantitative estimate of drug-likeness (QED) is 0.813. The topological polar surface area (TPSA) is 58.4 Å². The predicted octanol–water partition coefficient (Wildman–Crippen LogP) is 2.33. The summed E-state index contributed by atoms with van der Waals surface area (Å²) in [4.78, 5) is 14.0. The molecular weight excluding hydrogens is 286 g/mol. The summed E-state index contributed by atoms with van der Waals surface area (Å²) in [6, 6.07) is 7.96. The van der Waals surface area contributed by atoms with Gasteiger partial charge in [0.1, 0.15) is 0 Å². The lowest BCUT2D eigenvalue weighted by Crippen LogP contribution is -2.44. The van der Waals surface area contributed by atoms with Crippen LogP contribution in [0.4, 0.5) is 0 Å². The van der Waals surface area contributed by atoms with Crippen LogP contribution < -0.4 is 11.1 Å². The van der Waals surface area contributed by atoms with E-state index in [0.717, 1.165) is 24.8 Å². The Balaban J connectivity index is 2.11. The number of nitrogens with one attached hydrogen (secondary N) is 1. The molecule has 5 heteroatoms. The third kappa shape index (κ3) is 4.43. The molecule has 1 aliphatic rings. The number of hydrogen-bond acceptors (Lipinski definition) is 3. The van der Waals surface area contributed by atoms with Gasteiger partial charge in [-0.25, -0.2) is 0 Å². The van der Waals surface area contributed by atoms with Crippen LogP contribution in [-0.4, -0.2) is 36.5 Å². The summed E-state index contributed by atoms with van der Waals surface area (Å²) >= 11 is 6.31. The van der Waals surface area contributed by atoms with Crippen LogP contribution >= 0.6 is 11.6 Å². The van der Waals surface area contributed by atoms with E-state index in [-0.39, 0.29) is 18.0 Å². The minimum Gasteiger partial charge on any atom is -0.352 e. The van der Waals surface area contributed by atoms with Gasteiger partial charge in [-0.15, -0.1) is 0 Å². The highest BCUT2D eigenvalue weighted by molar-refractivity contribution is 6.31. The molecule has 1 fully saturated rings. The fourth-order valence-corrected chi connectivity index (χ4v) is 2.81. The molecule has 1 saturated carbocycles.